The number of aryl methyl sites for hydroxylation is 1. The van der Waals surface area contributed by atoms with Gasteiger partial charge in [-0.1, -0.05) is 85.8 Å². The summed E-state index contributed by atoms with van der Waals surface area (Å²) in [4.78, 5) is 15.0. The molecule has 0 spiro atoms. The van der Waals surface area contributed by atoms with Gasteiger partial charge < -0.3 is 0 Å². The maximum Gasteiger partial charge on any atom is 0.164 e. The summed E-state index contributed by atoms with van der Waals surface area (Å²) in [5.41, 5.74) is 11.0. The SMILES string of the molecule is Cc1cc(C2(C)C[C@H]3C[C@@H]4C[C@@H](C2)C43)ccc1-c1cc(-c2ccccc2)cc(-c2nc(-c3ccccc3)nc(-c3ccc(C#N)cc3)n2)c1. The number of nitrogens with zero attached hydrogens (tertiary/aromatic N) is 4. The second kappa shape index (κ2) is 11.6. The highest BCUT2D eigenvalue weighted by Gasteiger charge is 2.59. The average molecular weight is 635 g/mol. The summed E-state index contributed by atoms with van der Waals surface area (Å²) in [6.45, 7) is 4.79. The number of aromatic nitrogens is 3. The van der Waals surface area contributed by atoms with Gasteiger partial charge in [0.25, 0.3) is 0 Å². The van der Waals surface area contributed by atoms with E-state index in [0.717, 1.165) is 57.1 Å². The van der Waals surface area contributed by atoms with Crippen molar-refractivity contribution in [2.45, 2.75) is 44.9 Å². The highest BCUT2D eigenvalue weighted by atomic mass is 15.0. The van der Waals surface area contributed by atoms with Crippen LogP contribution >= 0.6 is 0 Å². The standard InChI is InChI=1S/C45H38N4/c1-28-19-39(45(2)25-37-23-35-24-38(26-45)41(35)37)17-18-40(28)34-20-33(30-9-5-3-6-10-30)21-36(22-34)44-48-42(31-11-7-4-8-12-31)47-43(49-44)32-15-13-29(27-46)14-16-32/h3-22,35,37-38,41H,23-26H2,1-2H3/t35-,37-,38+,41?,45?. The summed E-state index contributed by atoms with van der Waals surface area (Å²) < 4.78 is 0. The van der Waals surface area contributed by atoms with Crippen LogP contribution in [0.25, 0.3) is 56.4 Å². The first kappa shape index (κ1) is 29.7. The van der Waals surface area contributed by atoms with Gasteiger partial charge in [0.2, 0.25) is 0 Å². The van der Waals surface area contributed by atoms with Crippen LogP contribution in [0.15, 0.2) is 121 Å². The van der Waals surface area contributed by atoms with Crippen molar-refractivity contribution >= 4 is 0 Å². The minimum Gasteiger partial charge on any atom is -0.208 e. The first-order valence-corrected chi connectivity index (χ1v) is 17.6. The van der Waals surface area contributed by atoms with Crippen LogP contribution in [-0.2, 0) is 5.41 Å². The molecule has 1 heterocycles. The molecule has 5 atom stereocenters. The maximum atomic E-state index is 9.38. The van der Waals surface area contributed by atoms with E-state index in [1.165, 1.54) is 42.4 Å². The highest BCUT2D eigenvalue weighted by molar-refractivity contribution is 5.81. The number of nitriles is 1. The van der Waals surface area contributed by atoms with Gasteiger partial charge in [0.05, 0.1) is 11.6 Å². The fraction of sp³-hybridized carbons (Fsp3) is 0.244. The van der Waals surface area contributed by atoms with E-state index in [4.69, 9.17) is 15.0 Å². The number of benzene rings is 5. The molecular weight excluding hydrogens is 597 g/mol. The monoisotopic (exact) mass is 634 g/mol. The van der Waals surface area contributed by atoms with Gasteiger partial charge in [-0.3, -0.25) is 0 Å². The number of rotatable bonds is 6. The van der Waals surface area contributed by atoms with Crippen molar-refractivity contribution in [1.82, 2.24) is 15.0 Å². The van der Waals surface area contributed by atoms with Crippen molar-refractivity contribution in [2.24, 2.45) is 23.7 Å². The molecule has 3 saturated carbocycles. The lowest BCUT2D eigenvalue weighted by Gasteiger charge is -2.65. The van der Waals surface area contributed by atoms with Gasteiger partial charge in [-0.25, -0.2) is 15.0 Å². The molecule has 4 heteroatoms. The van der Waals surface area contributed by atoms with Crippen LogP contribution in [0, 0.1) is 41.9 Å². The molecule has 0 N–H and O–H groups in total. The van der Waals surface area contributed by atoms with Crippen LogP contribution in [-0.4, -0.2) is 15.0 Å². The van der Waals surface area contributed by atoms with Gasteiger partial charge in [0, 0.05) is 16.7 Å². The Morgan fingerprint density at radius 1 is 0.571 bits per heavy atom. The Labute approximate surface area is 288 Å². The third-order valence-electron chi connectivity index (χ3n) is 11.7. The molecule has 4 nitrogen and oxygen atoms in total. The molecule has 3 aliphatic carbocycles. The van der Waals surface area contributed by atoms with E-state index in [0.29, 0.717) is 23.0 Å². The largest absolute Gasteiger partial charge is 0.208 e. The van der Waals surface area contributed by atoms with Gasteiger partial charge in [-0.05, 0) is 138 Å². The van der Waals surface area contributed by atoms with Crippen molar-refractivity contribution in [2.75, 3.05) is 0 Å². The van der Waals surface area contributed by atoms with E-state index < -0.39 is 0 Å². The lowest BCUT2D eigenvalue weighted by atomic mass is 9.39. The number of hydrogen-bond donors (Lipinski definition) is 0. The van der Waals surface area contributed by atoms with E-state index in [9.17, 15) is 5.26 Å². The minimum atomic E-state index is 0.262. The first-order valence-electron chi connectivity index (χ1n) is 17.6. The van der Waals surface area contributed by atoms with Crippen LogP contribution in [0.3, 0.4) is 0 Å². The van der Waals surface area contributed by atoms with Gasteiger partial charge in [-0.2, -0.15) is 5.26 Å². The minimum absolute atomic E-state index is 0.262. The molecule has 6 aromatic rings. The average Bonchev–Trinajstić information content (AvgIpc) is 3.13. The summed E-state index contributed by atoms with van der Waals surface area (Å²) in [6, 6.07) is 44.2. The molecule has 0 aliphatic heterocycles. The lowest BCUT2D eigenvalue weighted by Crippen LogP contribution is -2.58. The summed E-state index contributed by atoms with van der Waals surface area (Å²) in [6.07, 6.45) is 5.58. The zero-order chi connectivity index (χ0) is 33.1. The number of hydrogen-bond acceptors (Lipinski definition) is 4. The van der Waals surface area contributed by atoms with E-state index in [1.807, 2.05) is 54.6 Å². The normalized spacial score (nSPS) is 23.4. The first-order chi connectivity index (χ1) is 23.9. The third kappa shape index (κ3) is 5.25. The molecular formula is C45H38N4. The van der Waals surface area contributed by atoms with Gasteiger partial charge in [0.15, 0.2) is 17.5 Å². The van der Waals surface area contributed by atoms with Crippen LogP contribution < -0.4 is 0 Å². The Bertz CT molecular complexity index is 2220. The predicted molar refractivity (Wildman–Crippen MR) is 196 cm³/mol. The van der Waals surface area contributed by atoms with Crippen LogP contribution in [0.5, 0.6) is 0 Å². The van der Waals surface area contributed by atoms with Crippen molar-refractivity contribution in [3.05, 3.63) is 138 Å². The summed E-state index contributed by atoms with van der Waals surface area (Å²) in [5.74, 6) is 5.75. The third-order valence-corrected chi connectivity index (χ3v) is 11.7. The van der Waals surface area contributed by atoms with Gasteiger partial charge in [0.1, 0.15) is 0 Å². The maximum absolute atomic E-state index is 9.38. The second-order valence-corrected chi connectivity index (χ2v) is 14.9. The zero-order valence-corrected chi connectivity index (χ0v) is 28.0. The van der Waals surface area contributed by atoms with E-state index in [-0.39, 0.29) is 5.41 Å². The van der Waals surface area contributed by atoms with Gasteiger partial charge >= 0.3 is 0 Å². The smallest absolute Gasteiger partial charge is 0.164 e. The van der Waals surface area contributed by atoms with Crippen LogP contribution in [0.1, 0.15) is 49.3 Å². The van der Waals surface area contributed by atoms with Crippen LogP contribution in [0.4, 0.5) is 0 Å². The molecule has 5 aromatic carbocycles. The quantitative estimate of drug-likeness (QED) is 0.183. The molecule has 238 valence electrons. The lowest BCUT2D eigenvalue weighted by molar-refractivity contribution is -0.141. The van der Waals surface area contributed by atoms with Crippen molar-refractivity contribution in [3.8, 4) is 62.5 Å². The van der Waals surface area contributed by atoms with Crippen molar-refractivity contribution < 1.29 is 0 Å². The van der Waals surface area contributed by atoms with E-state index in [1.54, 1.807) is 0 Å². The topological polar surface area (TPSA) is 62.5 Å². The highest BCUT2D eigenvalue weighted by Crippen LogP contribution is 2.67. The molecule has 49 heavy (non-hydrogen) atoms. The zero-order valence-electron chi connectivity index (χ0n) is 28.0. The fourth-order valence-electron chi connectivity index (χ4n) is 9.30. The summed E-state index contributed by atoms with van der Waals surface area (Å²) in [7, 11) is 0. The Morgan fingerprint density at radius 3 is 1.71 bits per heavy atom. The molecule has 0 saturated heterocycles. The molecule has 3 aliphatic rings. The van der Waals surface area contributed by atoms with Crippen molar-refractivity contribution in [3.63, 3.8) is 0 Å². The molecule has 3 fully saturated rings. The van der Waals surface area contributed by atoms with E-state index in [2.05, 4.69) is 86.6 Å². The Kier molecular flexibility index (Phi) is 7.06. The Morgan fingerprint density at radius 2 is 1.12 bits per heavy atom. The molecule has 9 rings (SSSR count). The van der Waals surface area contributed by atoms with Crippen LogP contribution in [0.2, 0.25) is 0 Å². The molecule has 0 amide bonds. The van der Waals surface area contributed by atoms with Gasteiger partial charge in [-0.15, -0.1) is 0 Å². The van der Waals surface area contributed by atoms with Crippen molar-refractivity contribution in [1.29, 1.82) is 5.26 Å². The molecule has 0 bridgehead atoms. The summed E-state index contributed by atoms with van der Waals surface area (Å²) >= 11 is 0. The Hall–Kier alpha value is -5.40. The predicted octanol–water partition coefficient (Wildman–Crippen LogP) is 10.7. The molecule has 2 unspecified atom stereocenters. The molecule has 0 radical (unpaired) electrons. The molecule has 1 aromatic heterocycles. The summed E-state index contributed by atoms with van der Waals surface area (Å²) in [5, 5.41) is 9.38. The fourth-order valence-corrected chi connectivity index (χ4v) is 9.30. The Balaban J connectivity index is 1.17. The van der Waals surface area contributed by atoms with E-state index >= 15 is 0 Å². The second-order valence-electron chi connectivity index (χ2n) is 14.9.